The lowest BCUT2D eigenvalue weighted by atomic mass is 10.00. The molecule has 188 valence electrons. The van der Waals surface area contributed by atoms with Gasteiger partial charge in [0.25, 0.3) is 0 Å². The van der Waals surface area contributed by atoms with E-state index in [1.54, 1.807) is 23.9 Å². The molecule has 1 atom stereocenters. The molecule has 0 aliphatic carbocycles. The van der Waals surface area contributed by atoms with Gasteiger partial charge in [-0.15, -0.1) is 5.10 Å². The normalized spacial score (nSPS) is 12.4. The highest BCUT2D eigenvalue weighted by atomic mass is 16.5. The van der Waals surface area contributed by atoms with Crippen LogP contribution in [-0.2, 0) is 23.2 Å². The highest BCUT2D eigenvalue weighted by Gasteiger charge is 2.37. The van der Waals surface area contributed by atoms with Gasteiger partial charge in [0, 0.05) is 18.8 Å². The summed E-state index contributed by atoms with van der Waals surface area (Å²) >= 11 is 0. The lowest BCUT2D eigenvalue weighted by Gasteiger charge is -2.35. The number of hydrogen-bond donors (Lipinski definition) is 1. The van der Waals surface area contributed by atoms with E-state index in [0.29, 0.717) is 22.6 Å². The van der Waals surface area contributed by atoms with Crippen molar-refractivity contribution in [2.45, 2.75) is 45.3 Å². The number of nitrogens with one attached hydrogen (secondary N) is 1. The third-order valence-corrected chi connectivity index (χ3v) is 6.43. The number of carbonyl (C=O) groups excluding carboxylic acids is 2. The number of fused-ring (bicyclic) bond motifs is 1. The summed E-state index contributed by atoms with van der Waals surface area (Å²) in [4.78, 5) is 29.5. The predicted octanol–water partition coefficient (Wildman–Crippen LogP) is 3.86. The molecule has 0 bridgehead atoms. The summed E-state index contributed by atoms with van der Waals surface area (Å²) in [6.07, 6.45) is 2.59. The van der Waals surface area contributed by atoms with E-state index in [1.165, 1.54) is 4.90 Å². The summed E-state index contributed by atoms with van der Waals surface area (Å²) in [5.41, 5.74) is 2.12. The molecule has 4 aromatic rings. The SMILES string of the molecule is CCC(C)(C)NC(=O)[C@H](c1cccn1C)N(C(=O)Cn1nnc2ccccc21)c1ccccc1OC. The minimum absolute atomic E-state index is 0.107. The van der Waals surface area contributed by atoms with Crippen LogP contribution in [-0.4, -0.2) is 44.0 Å². The van der Waals surface area contributed by atoms with E-state index in [-0.39, 0.29) is 18.4 Å². The number of carbonyl (C=O) groups is 2. The van der Waals surface area contributed by atoms with Crippen LogP contribution in [0.15, 0.2) is 66.9 Å². The van der Waals surface area contributed by atoms with Crippen molar-refractivity contribution in [3.05, 3.63) is 72.6 Å². The number of methoxy groups -OCH3 is 1. The van der Waals surface area contributed by atoms with Gasteiger partial charge in [-0.25, -0.2) is 4.68 Å². The van der Waals surface area contributed by atoms with Crippen LogP contribution in [0.4, 0.5) is 5.69 Å². The fourth-order valence-corrected chi connectivity index (χ4v) is 4.12. The van der Waals surface area contributed by atoms with E-state index in [9.17, 15) is 9.59 Å². The summed E-state index contributed by atoms with van der Waals surface area (Å²) < 4.78 is 9.02. The summed E-state index contributed by atoms with van der Waals surface area (Å²) in [5.74, 6) is -0.131. The van der Waals surface area contributed by atoms with Gasteiger partial charge < -0.3 is 14.6 Å². The topological polar surface area (TPSA) is 94.3 Å². The largest absolute Gasteiger partial charge is 0.495 e. The van der Waals surface area contributed by atoms with Gasteiger partial charge in [-0.1, -0.05) is 36.4 Å². The molecule has 2 heterocycles. The van der Waals surface area contributed by atoms with Crippen molar-refractivity contribution in [3.63, 3.8) is 0 Å². The third kappa shape index (κ3) is 4.95. The predicted molar refractivity (Wildman–Crippen MR) is 139 cm³/mol. The Morgan fingerprint density at radius 3 is 2.50 bits per heavy atom. The summed E-state index contributed by atoms with van der Waals surface area (Å²) in [6.45, 7) is 5.83. The van der Waals surface area contributed by atoms with Crippen LogP contribution >= 0.6 is 0 Å². The van der Waals surface area contributed by atoms with Crippen LogP contribution in [0.25, 0.3) is 11.0 Å². The highest BCUT2D eigenvalue weighted by Crippen LogP contribution is 2.35. The minimum atomic E-state index is -0.950. The van der Waals surface area contributed by atoms with Gasteiger partial charge in [-0.3, -0.25) is 14.5 Å². The number of rotatable bonds is 9. The molecule has 2 aromatic heterocycles. The van der Waals surface area contributed by atoms with Crippen molar-refractivity contribution in [3.8, 4) is 5.75 Å². The zero-order valence-corrected chi connectivity index (χ0v) is 21.3. The Hall–Kier alpha value is -4.14. The number of benzene rings is 2. The van der Waals surface area contributed by atoms with Crippen molar-refractivity contribution in [2.24, 2.45) is 7.05 Å². The van der Waals surface area contributed by atoms with Gasteiger partial charge >= 0.3 is 0 Å². The first-order valence-electron chi connectivity index (χ1n) is 11.9. The maximum Gasteiger partial charge on any atom is 0.249 e. The Bertz CT molecular complexity index is 1370. The van der Waals surface area contributed by atoms with E-state index in [1.807, 2.05) is 87.1 Å². The molecular weight excluding hydrogens is 456 g/mol. The maximum atomic E-state index is 14.1. The second-order valence-corrected chi connectivity index (χ2v) is 9.34. The zero-order valence-electron chi connectivity index (χ0n) is 21.3. The van der Waals surface area contributed by atoms with E-state index < -0.39 is 11.6 Å². The maximum absolute atomic E-state index is 14.1. The lowest BCUT2D eigenvalue weighted by molar-refractivity contribution is -0.128. The average Bonchev–Trinajstić information content (AvgIpc) is 3.48. The molecule has 9 heteroatoms. The van der Waals surface area contributed by atoms with Crippen LogP contribution in [0.2, 0.25) is 0 Å². The molecule has 2 aromatic carbocycles. The van der Waals surface area contributed by atoms with E-state index in [2.05, 4.69) is 15.6 Å². The van der Waals surface area contributed by atoms with Crippen molar-refractivity contribution < 1.29 is 14.3 Å². The summed E-state index contributed by atoms with van der Waals surface area (Å²) in [7, 11) is 3.40. The number of anilines is 1. The van der Waals surface area contributed by atoms with Gasteiger partial charge in [-0.2, -0.15) is 0 Å². The molecule has 2 amide bonds. The average molecular weight is 489 g/mol. The molecule has 0 aliphatic rings. The molecule has 0 fully saturated rings. The number of aryl methyl sites for hydroxylation is 1. The number of amides is 2. The van der Waals surface area contributed by atoms with Crippen molar-refractivity contribution in [1.29, 1.82) is 0 Å². The highest BCUT2D eigenvalue weighted by molar-refractivity contribution is 6.02. The van der Waals surface area contributed by atoms with Gasteiger partial charge in [-0.05, 0) is 56.7 Å². The smallest absolute Gasteiger partial charge is 0.249 e. The Balaban J connectivity index is 1.85. The van der Waals surface area contributed by atoms with Gasteiger partial charge in [0.15, 0.2) is 6.04 Å². The quantitative estimate of drug-likeness (QED) is 0.386. The Labute approximate surface area is 210 Å². The van der Waals surface area contributed by atoms with Gasteiger partial charge in [0.1, 0.15) is 17.8 Å². The first-order valence-corrected chi connectivity index (χ1v) is 11.9. The first-order chi connectivity index (χ1) is 17.3. The van der Waals surface area contributed by atoms with Crippen LogP contribution in [0, 0.1) is 0 Å². The van der Waals surface area contributed by atoms with Crippen molar-refractivity contribution in [1.82, 2.24) is 24.9 Å². The lowest BCUT2D eigenvalue weighted by Crippen LogP contribution is -2.51. The zero-order chi connectivity index (χ0) is 25.9. The van der Waals surface area contributed by atoms with E-state index in [4.69, 9.17) is 4.74 Å². The Morgan fingerprint density at radius 1 is 1.08 bits per heavy atom. The van der Waals surface area contributed by atoms with Crippen LogP contribution in [0.1, 0.15) is 38.9 Å². The van der Waals surface area contributed by atoms with Gasteiger partial charge in [0.05, 0.1) is 24.0 Å². The number of hydrogen-bond acceptors (Lipinski definition) is 5. The second kappa shape index (κ2) is 10.2. The number of para-hydroxylation sites is 3. The summed E-state index contributed by atoms with van der Waals surface area (Å²) in [5, 5.41) is 11.5. The van der Waals surface area contributed by atoms with Crippen molar-refractivity contribution in [2.75, 3.05) is 12.0 Å². The first kappa shape index (κ1) is 25.0. The van der Waals surface area contributed by atoms with E-state index in [0.717, 1.165) is 11.9 Å². The second-order valence-electron chi connectivity index (χ2n) is 9.34. The molecule has 0 spiro atoms. The fraction of sp³-hybridized carbons (Fsp3) is 0.333. The molecule has 0 radical (unpaired) electrons. The molecule has 1 N–H and O–H groups in total. The van der Waals surface area contributed by atoms with Crippen LogP contribution < -0.4 is 15.0 Å². The Morgan fingerprint density at radius 2 is 1.81 bits per heavy atom. The third-order valence-electron chi connectivity index (χ3n) is 6.43. The fourth-order valence-electron chi connectivity index (χ4n) is 4.12. The minimum Gasteiger partial charge on any atom is -0.495 e. The molecule has 0 saturated heterocycles. The molecule has 0 aliphatic heterocycles. The molecule has 36 heavy (non-hydrogen) atoms. The standard InChI is InChI=1S/C27H32N6O3/c1-6-27(2,3)28-26(35)25(22-15-11-17-31(22)4)33(21-14-9-10-16-23(21)36-5)24(34)18-32-20-13-8-7-12-19(20)29-30-32/h7-17,25H,6,18H2,1-5H3,(H,28,35)/t25-/m0/s1. The summed E-state index contributed by atoms with van der Waals surface area (Å²) in [6, 6.07) is 17.4. The molecule has 0 unspecified atom stereocenters. The molecule has 4 rings (SSSR count). The van der Waals surface area contributed by atoms with E-state index >= 15 is 0 Å². The van der Waals surface area contributed by atoms with Crippen molar-refractivity contribution >= 4 is 28.5 Å². The number of nitrogens with zero attached hydrogens (tertiary/aromatic N) is 5. The Kier molecular flexibility index (Phi) is 7.10. The van der Waals surface area contributed by atoms with Crippen LogP contribution in [0.5, 0.6) is 5.75 Å². The monoisotopic (exact) mass is 488 g/mol. The molecule has 0 saturated carbocycles. The number of aromatic nitrogens is 4. The molecular formula is C27H32N6O3. The van der Waals surface area contributed by atoms with Crippen LogP contribution in [0.3, 0.4) is 0 Å². The van der Waals surface area contributed by atoms with Gasteiger partial charge in [0.2, 0.25) is 11.8 Å². The molecule has 9 nitrogen and oxygen atoms in total. The number of ether oxygens (including phenoxy) is 1.